The van der Waals surface area contributed by atoms with Crippen molar-refractivity contribution in [1.82, 2.24) is 0 Å². The van der Waals surface area contributed by atoms with Crippen molar-refractivity contribution >= 4 is 22.6 Å². The summed E-state index contributed by atoms with van der Waals surface area (Å²) in [5, 5.41) is 10.1. The van der Waals surface area contributed by atoms with Crippen LogP contribution in [0.5, 0.6) is 0 Å². The topological polar surface area (TPSA) is 52.9 Å². The number of allylic oxidation sites excluding steroid dienone is 8. The van der Waals surface area contributed by atoms with Crippen molar-refractivity contribution in [3.05, 3.63) is 166 Å². The molecule has 0 spiro atoms. The minimum Gasteiger partial charge on any atom is -0.675 e. The molecular weight excluding hydrogens is 635 g/mol. The first kappa shape index (κ1) is 23.4. The third-order valence-corrected chi connectivity index (χ3v) is 6.63. The van der Waals surface area contributed by atoms with Gasteiger partial charge in [0.05, 0.1) is 22.8 Å². The van der Waals surface area contributed by atoms with Crippen molar-refractivity contribution in [3.63, 3.8) is 0 Å². The number of rotatable bonds is 2. The van der Waals surface area contributed by atoms with Crippen molar-refractivity contribution < 1.29 is 21.1 Å². The van der Waals surface area contributed by atoms with Gasteiger partial charge in [-0.1, -0.05) is 109 Å². The summed E-state index contributed by atoms with van der Waals surface area (Å²) in [4.78, 5) is 9.96. The van der Waals surface area contributed by atoms with Crippen LogP contribution in [0.2, 0.25) is 0 Å². The summed E-state index contributed by atoms with van der Waals surface area (Å²) in [6.45, 7) is 0. The van der Waals surface area contributed by atoms with Gasteiger partial charge in [0.2, 0.25) is 0 Å². The molecule has 5 heteroatoms. The number of hydrogen-bond donors (Lipinski definition) is 0. The number of aliphatic imine (C=N–C) groups is 2. The van der Waals surface area contributed by atoms with Crippen LogP contribution in [0.4, 0.5) is 0 Å². The van der Waals surface area contributed by atoms with Crippen molar-refractivity contribution in [1.29, 1.82) is 0 Å². The first-order valence-corrected chi connectivity index (χ1v) is 12.2. The van der Waals surface area contributed by atoms with E-state index in [1.54, 1.807) is 0 Å². The van der Waals surface area contributed by atoms with Gasteiger partial charge in [-0.25, -0.2) is 9.98 Å². The Morgan fingerprint density at radius 2 is 0.946 bits per heavy atom. The second-order valence-electron chi connectivity index (χ2n) is 9.05. The Morgan fingerprint density at radius 3 is 1.38 bits per heavy atom. The predicted octanol–water partition coefficient (Wildman–Crippen LogP) is 7.23. The maximum absolute atomic E-state index is 5.04. The van der Waals surface area contributed by atoms with E-state index < -0.39 is 0 Å². The third kappa shape index (κ3) is 4.50. The molecule has 2 aromatic rings. The van der Waals surface area contributed by atoms with Gasteiger partial charge in [0.15, 0.2) is 0 Å². The maximum Gasteiger partial charge on any atom is 2.00 e. The molecule has 2 unspecified atom stereocenters. The van der Waals surface area contributed by atoms with E-state index in [0.29, 0.717) is 0 Å². The molecule has 0 saturated carbocycles. The summed E-state index contributed by atoms with van der Waals surface area (Å²) < 4.78 is 0. The zero-order valence-electron chi connectivity index (χ0n) is 19.8. The van der Waals surface area contributed by atoms with Crippen molar-refractivity contribution in [3.8, 4) is 0 Å². The molecular formula is C32H22N4Pt. The number of nitrogens with zero attached hydrogens (tertiary/aromatic N) is 4. The average Bonchev–Trinajstić information content (AvgIpc) is 3.72. The van der Waals surface area contributed by atoms with E-state index in [1.807, 2.05) is 12.1 Å². The van der Waals surface area contributed by atoms with Crippen LogP contribution < -0.4 is 0 Å². The van der Waals surface area contributed by atoms with E-state index in [9.17, 15) is 0 Å². The van der Waals surface area contributed by atoms with Crippen molar-refractivity contribution in [2.75, 3.05) is 0 Å². The third-order valence-electron chi connectivity index (χ3n) is 6.63. The fourth-order valence-electron chi connectivity index (χ4n) is 4.99. The molecule has 8 bridgehead atoms. The largest absolute Gasteiger partial charge is 2.00 e. The van der Waals surface area contributed by atoms with E-state index in [1.165, 1.54) is 0 Å². The fraction of sp³-hybridized carbons (Fsp3) is 0.0625. The Hall–Kier alpha value is -4.01. The molecule has 0 saturated heterocycles. The van der Waals surface area contributed by atoms with Crippen molar-refractivity contribution in [2.24, 2.45) is 9.98 Å². The van der Waals surface area contributed by atoms with Crippen LogP contribution in [0.3, 0.4) is 0 Å². The van der Waals surface area contributed by atoms with Crippen LogP contribution in [0.15, 0.2) is 154 Å². The molecule has 2 aromatic carbocycles. The second kappa shape index (κ2) is 9.80. The molecule has 0 amide bonds. The van der Waals surface area contributed by atoms with E-state index in [4.69, 9.17) is 20.6 Å². The monoisotopic (exact) mass is 657 g/mol. The summed E-state index contributed by atoms with van der Waals surface area (Å²) in [7, 11) is 0. The Morgan fingerprint density at radius 1 is 0.514 bits per heavy atom. The summed E-state index contributed by atoms with van der Waals surface area (Å²) >= 11 is 0. The molecule has 4 nitrogen and oxygen atoms in total. The van der Waals surface area contributed by atoms with Gasteiger partial charge >= 0.3 is 21.1 Å². The molecule has 0 aromatic heterocycles. The molecule has 5 aliphatic heterocycles. The van der Waals surface area contributed by atoms with Gasteiger partial charge in [-0.05, 0) is 46.6 Å². The van der Waals surface area contributed by atoms with Crippen LogP contribution in [-0.2, 0) is 21.1 Å². The van der Waals surface area contributed by atoms with Gasteiger partial charge in [0.25, 0.3) is 0 Å². The van der Waals surface area contributed by atoms with Gasteiger partial charge in [0, 0.05) is 0 Å². The van der Waals surface area contributed by atoms with E-state index in [-0.39, 0.29) is 33.1 Å². The van der Waals surface area contributed by atoms with Gasteiger partial charge < -0.3 is 10.6 Å². The normalized spacial score (nSPS) is 29.5. The molecule has 180 valence electrons. The Bertz CT molecular complexity index is 1440. The number of benzene rings is 2. The molecule has 0 aliphatic carbocycles. The standard InChI is InChI=1S/C32H22N4.Pt/c1-3-7-21(8-4-1)31-27-15-11-23(33-27)19-25-13-17-29(35-25)32(22-9-5-2-6-10-22)30-18-14-26(36-30)20-24-12-16-28(31)34-24;/h1-20,23,26H;/q-2;+2/b24-20-,25-19-,31-27-,32-30-;. The molecule has 7 rings (SSSR count). The van der Waals surface area contributed by atoms with Crippen LogP contribution in [0.25, 0.3) is 21.8 Å². The van der Waals surface area contributed by atoms with E-state index in [0.717, 1.165) is 56.5 Å². The second-order valence-corrected chi connectivity index (χ2v) is 9.05. The fourth-order valence-corrected chi connectivity index (χ4v) is 4.99. The van der Waals surface area contributed by atoms with Crippen LogP contribution in [-0.4, -0.2) is 23.5 Å². The minimum atomic E-state index is -0.0800. The van der Waals surface area contributed by atoms with Gasteiger partial charge in [-0.15, -0.1) is 11.4 Å². The average molecular weight is 658 g/mol. The number of fused-ring (bicyclic) bond motifs is 6. The van der Waals surface area contributed by atoms with Crippen molar-refractivity contribution in [2.45, 2.75) is 12.1 Å². The SMILES string of the molecule is C1=C/C2=C/C3C=C/C(=C(\c4ccccc4)C4=N/C(=C\C5C=C/C(=C(\c6ccccc6)C1=N2)[N-]5)C=C4)[N-]3.[Pt+2]. The molecule has 37 heavy (non-hydrogen) atoms. The Labute approximate surface area is 231 Å². The van der Waals surface area contributed by atoms with Gasteiger partial charge in [-0.2, -0.15) is 0 Å². The smallest absolute Gasteiger partial charge is 0.675 e. The van der Waals surface area contributed by atoms with E-state index in [2.05, 4.69) is 109 Å². The number of hydrogen-bond acceptors (Lipinski definition) is 2. The summed E-state index contributed by atoms with van der Waals surface area (Å²) in [6, 6.07) is 20.6. The van der Waals surface area contributed by atoms with Crippen LogP contribution in [0, 0.1) is 0 Å². The van der Waals surface area contributed by atoms with Gasteiger partial charge in [0.1, 0.15) is 0 Å². The molecule has 0 N–H and O–H groups in total. The molecule has 0 radical (unpaired) electrons. The molecule has 5 heterocycles. The molecule has 2 atom stereocenters. The first-order chi connectivity index (χ1) is 17.8. The van der Waals surface area contributed by atoms with Crippen LogP contribution in [0.1, 0.15) is 11.1 Å². The van der Waals surface area contributed by atoms with Crippen LogP contribution >= 0.6 is 0 Å². The quantitative estimate of drug-likeness (QED) is 0.327. The Balaban J connectivity index is 0.00000252. The summed E-state index contributed by atoms with van der Waals surface area (Å²) in [5.74, 6) is 0. The minimum absolute atomic E-state index is 0. The molecule has 5 aliphatic rings. The summed E-state index contributed by atoms with van der Waals surface area (Å²) in [5.41, 5.74) is 9.80. The van der Waals surface area contributed by atoms with E-state index >= 15 is 0 Å². The Kier molecular flexibility index (Phi) is 6.19. The van der Waals surface area contributed by atoms with Gasteiger partial charge in [-0.3, -0.25) is 0 Å². The molecule has 0 fully saturated rings. The summed E-state index contributed by atoms with van der Waals surface area (Å²) in [6.07, 6.45) is 20.9. The first-order valence-electron chi connectivity index (χ1n) is 12.2. The zero-order valence-corrected chi connectivity index (χ0v) is 22.1. The zero-order chi connectivity index (χ0) is 23.9. The maximum atomic E-state index is 5.04. The predicted molar refractivity (Wildman–Crippen MR) is 149 cm³/mol.